The minimum Gasteiger partial charge on any atom is -0.449 e. The highest BCUT2D eigenvalue weighted by Crippen LogP contribution is 2.53. The Morgan fingerprint density at radius 3 is 2.50 bits per heavy atom. The molecule has 7 nitrogen and oxygen atoms in total. The molecule has 0 bridgehead atoms. The number of hydrogen-bond acceptors (Lipinski definition) is 5. The van der Waals surface area contributed by atoms with Crippen molar-refractivity contribution in [3.05, 3.63) is 89.0 Å². The van der Waals surface area contributed by atoms with E-state index in [9.17, 15) is 14.4 Å². The van der Waals surface area contributed by atoms with Gasteiger partial charge in [0.2, 0.25) is 5.91 Å². The quantitative estimate of drug-likeness (QED) is 0.571. The molecule has 3 aliphatic rings. The number of carbonyl (C=O) groups is 3. The van der Waals surface area contributed by atoms with Gasteiger partial charge in [0.15, 0.2) is 5.60 Å². The van der Waals surface area contributed by atoms with Crippen molar-refractivity contribution in [1.82, 2.24) is 15.2 Å². The van der Waals surface area contributed by atoms with E-state index >= 15 is 4.39 Å². The maximum absolute atomic E-state index is 15.4. The van der Waals surface area contributed by atoms with Gasteiger partial charge in [0.1, 0.15) is 11.5 Å². The molecule has 1 aromatic heterocycles. The van der Waals surface area contributed by atoms with E-state index in [1.807, 2.05) is 12.1 Å². The fraction of sp³-hybridized carbons (Fsp3) is 0.286. The van der Waals surface area contributed by atoms with Gasteiger partial charge in [-0.2, -0.15) is 0 Å². The van der Waals surface area contributed by atoms with Crippen molar-refractivity contribution < 1.29 is 23.5 Å². The number of likely N-dealkylation sites (tertiary alicyclic amines) is 1. The molecule has 0 unspecified atom stereocenters. The third-order valence-electron chi connectivity index (χ3n) is 7.65. The van der Waals surface area contributed by atoms with Gasteiger partial charge in [0.25, 0.3) is 5.91 Å². The van der Waals surface area contributed by atoms with Crippen LogP contribution in [0.5, 0.6) is 0 Å². The molecule has 2 aromatic carbocycles. The number of pyridine rings is 1. The van der Waals surface area contributed by atoms with Crippen LogP contribution in [0, 0.1) is 5.82 Å². The number of aromatic nitrogens is 1. The highest BCUT2D eigenvalue weighted by molar-refractivity contribution is 5.96. The summed E-state index contributed by atoms with van der Waals surface area (Å²) < 4.78 is 21.2. The zero-order valence-corrected chi connectivity index (χ0v) is 19.7. The maximum Gasteiger partial charge on any atom is 0.339 e. The molecule has 3 aromatic rings. The Balaban J connectivity index is 1.24. The SMILES string of the molecule is CNC(=O)c1ccc(-c2ccc(C3(C(=O)N4CC[C@@]5(C4)OC(=O)c4ccccc45)CC3)c(F)c2)cn1. The molecule has 8 heteroatoms. The molecule has 2 fully saturated rings. The summed E-state index contributed by atoms with van der Waals surface area (Å²) in [5.74, 6) is -1.22. The average molecular weight is 486 g/mol. The number of esters is 1. The van der Waals surface area contributed by atoms with Crippen LogP contribution in [0.25, 0.3) is 11.1 Å². The van der Waals surface area contributed by atoms with E-state index in [0.717, 1.165) is 5.56 Å². The number of rotatable bonds is 4. The molecule has 1 aliphatic carbocycles. The van der Waals surface area contributed by atoms with Crippen LogP contribution in [0.3, 0.4) is 0 Å². The van der Waals surface area contributed by atoms with Gasteiger partial charge in [-0.3, -0.25) is 14.6 Å². The van der Waals surface area contributed by atoms with Gasteiger partial charge in [0, 0.05) is 42.9 Å². The number of ether oxygens (including phenoxy) is 1. The molecule has 1 saturated carbocycles. The van der Waals surface area contributed by atoms with Gasteiger partial charge in [0.05, 0.1) is 17.5 Å². The summed E-state index contributed by atoms with van der Waals surface area (Å²) in [6.45, 7) is 0.727. The lowest BCUT2D eigenvalue weighted by Crippen LogP contribution is -2.40. The lowest BCUT2D eigenvalue weighted by atomic mass is 9.90. The predicted molar refractivity (Wildman–Crippen MR) is 129 cm³/mol. The minimum absolute atomic E-state index is 0.122. The molecular formula is C28H24FN3O4. The van der Waals surface area contributed by atoms with Crippen molar-refractivity contribution in [1.29, 1.82) is 0 Å². The van der Waals surface area contributed by atoms with Crippen molar-refractivity contribution >= 4 is 17.8 Å². The first-order valence-electron chi connectivity index (χ1n) is 12.0. The standard InChI is InChI=1S/C28H24FN3O4/c1-30-24(33)23-9-7-18(15-31-23)17-6-8-21(22(29)14-17)27(10-11-27)26(35)32-13-12-28(16-32)20-5-3-2-4-19(20)25(34)36-28/h2-9,14-15H,10-13,16H2,1H3,(H,30,33)/t28-/m0/s1. The summed E-state index contributed by atoms with van der Waals surface area (Å²) in [6, 6.07) is 15.5. The highest BCUT2D eigenvalue weighted by Gasteiger charge is 2.58. The van der Waals surface area contributed by atoms with E-state index in [0.29, 0.717) is 48.1 Å². The second kappa shape index (κ2) is 7.98. The van der Waals surface area contributed by atoms with Crippen LogP contribution in [0.4, 0.5) is 4.39 Å². The van der Waals surface area contributed by atoms with Crippen LogP contribution in [-0.2, 0) is 20.5 Å². The van der Waals surface area contributed by atoms with Crippen molar-refractivity contribution in [2.75, 3.05) is 20.1 Å². The largest absolute Gasteiger partial charge is 0.449 e. The van der Waals surface area contributed by atoms with E-state index in [-0.39, 0.29) is 30.0 Å². The van der Waals surface area contributed by atoms with Gasteiger partial charge in [-0.1, -0.05) is 36.4 Å². The number of fused-ring (bicyclic) bond motifs is 2. The summed E-state index contributed by atoms with van der Waals surface area (Å²) in [7, 11) is 1.53. The maximum atomic E-state index is 15.4. The summed E-state index contributed by atoms with van der Waals surface area (Å²) >= 11 is 0. The Morgan fingerprint density at radius 2 is 1.81 bits per heavy atom. The zero-order chi connectivity index (χ0) is 25.1. The molecule has 1 saturated heterocycles. The van der Waals surface area contributed by atoms with Gasteiger partial charge in [-0.05, 0) is 36.6 Å². The molecule has 1 N–H and O–H groups in total. The summed E-state index contributed by atoms with van der Waals surface area (Å²) in [5.41, 5.74) is 1.61. The smallest absolute Gasteiger partial charge is 0.339 e. The molecule has 2 aliphatic heterocycles. The molecule has 6 rings (SSSR count). The van der Waals surface area contributed by atoms with Gasteiger partial charge in [-0.15, -0.1) is 0 Å². The monoisotopic (exact) mass is 485 g/mol. The first-order valence-corrected chi connectivity index (χ1v) is 12.0. The third-order valence-corrected chi connectivity index (χ3v) is 7.65. The predicted octanol–water partition coefficient (Wildman–Crippen LogP) is 3.58. The molecule has 0 radical (unpaired) electrons. The van der Waals surface area contributed by atoms with Crippen LogP contribution in [-0.4, -0.2) is 47.8 Å². The second-order valence-corrected chi connectivity index (χ2v) is 9.69. The Labute approximate surface area is 207 Å². The molecule has 3 heterocycles. The van der Waals surface area contributed by atoms with Gasteiger partial charge in [-0.25, -0.2) is 9.18 Å². The van der Waals surface area contributed by atoms with Gasteiger partial charge >= 0.3 is 5.97 Å². The van der Waals surface area contributed by atoms with Crippen LogP contribution in [0.1, 0.15) is 51.2 Å². The Morgan fingerprint density at radius 1 is 1.03 bits per heavy atom. The van der Waals surface area contributed by atoms with Crippen LogP contribution >= 0.6 is 0 Å². The molecule has 36 heavy (non-hydrogen) atoms. The van der Waals surface area contributed by atoms with E-state index in [4.69, 9.17) is 4.74 Å². The topological polar surface area (TPSA) is 88.6 Å². The van der Waals surface area contributed by atoms with Crippen molar-refractivity contribution in [3.8, 4) is 11.1 Å². The van der Waals surface area contributed by atoms with Gasteiger partial charge < -0.3 is 15.0 Å². The number of halogens is 1. The molecule has 1 spiro atoms. The molecule has 2 amide bonds. The fourth-order valence-corrected chi connectivity index (χ4v) is 5.54. The molecule has 1 atom stereocenters. The van der Waals surface area contributed by atoms with Crippen molar-refractivity contribution in [2.24, 2.45) is 0 Å². The Kier molecular flexibility index (Phi) is 4.96. The first kappa shape index (κ1) is 22.4. The molecular weight excluding hydrogens is 461 g/mol. The molecule has 182 valence electrons. The zero-order valence-electron chi connectivity index (χ0n) is 19.7. The van der Waals surface area contributed by atoms with E-state index < -0.39 is 16.8 Å². The van der Waals surface area contributed by atoms with Crippen LogP contribution in [0.15, 0.2) is 60.8 Å². The Bertz CT molecular complexity index is 1420. The van der Waals surface area contributed by atoms with E-state index in [2.05, 4.69) is 10.3 Å². The second-order valence-electron chi connectivity index (χ2n) is 9.69. The number of benzene rings is 2. The van der Waals surface area contributed by atoms with E-state index in [1.165, 1.54) is 19.3 Å². The Hall–Kier alpha value is -4.07. The number of carbonyl (C=O) groups excluding carboxylic acids is 3. The van der Waals surface area contributed by atoms with Crippen LogP contribution < -0.4 is 5.32 Å². The summed E-state index contributed by atoms with van der Waals surface area (Å²) in [5, 5.41) is 2.52. The third kappa shape index (κ3) is 3.31. The average Bonchev–Trinajstić information content (AvgIpc) is 3.52. The lowest BCUT2D eigenvalue weighted by Gasteiger charge is -2.27. The highest BCUT2D eigenvalue weighted by atomic mass is 19.1. The summed E-state index contributed by atoms with van der Waals surface area (Å²) in [4.78, 5) is 43.6. The lowest BCUT2D eigenvalue weighted by molar-refractivity contribution is -0.134. The number of nitrogens with one attached hydrogen (secondary N) is 1. The first-order chi connectivity index (χ1) is 17.4. The number of nitrogens with zero attached hydrogens (tertiary/aromatic N) is 2. The van der Waals surface area contributed by atoms with Crippen molar-refractivity contribution in [3.63, 3.8) is 0 Å². The number of amides is 2. The van der Waals surface area contributed by atoms with Crippen LogP contribution in [0.2, 0.25) is 0 Å². The fourth-order valence-electron chi connectivity index (χ4n) is 5.54. The number of hydrogen-bond donors (Lipinski definition) is 1. The normalized spacial score (nSPS) is 21.3. The van der Waals surface area contributed by atoms with E-state index in [1.54, 1.807) is 41.3 Å². The minimum atomic E-state index is -0.891. The van der Waals surface area contributed by atoms with Crippen molar-refractivity contribution in [2.45, 2.75) is 30.3 Å². The summed E-state index contributed by atoms with van der Waals surface area (Å²) in [6.07, 6.45) is 3.20.